The molecule has 0 radical (unpaired) electrons. The maximum Gasteiger partial charge on any atom is 0.253 e. The highest BCUT2D eigenvalue weighted by Gasteiger charge is 2.13. The first kappa shape index (κ1) is 22.6. The number of amides is 3. The fraction of sp³-hybridized carbons (Fsp3) is 0.160. The van der Waals surface area contributed by atoms with Gasteiger partial charge >= 0.3 is 0 Å². The molecule has 0 atom stereocenters. The van der Waals surface area contributed by atoms with Gasteiger partial charge in [-0.15, -0.1) is 0 Å². The molecule has 0 heterocycles. The van der Waals surface area contributed by atoms with Gasteiger partial charge in [-0.3, -0.25) is 14.4 Å². The Balaban J connectivity index is 1.56. The molecule has 0 fully saturated rings. The van der Waals surface area contributed by atoms with Gasteiger partial charge in [0.1, 0.15) is 0 Å². The molecule has 0 saturated carbocycles. The molecule has 32 heavy (non-hydrogen) atoms. The van der Waals surface area contributed by atoms with E-state index in [9.17, 15) is 14.4 Å². The predicted molar refractivity (Wildman–Crippen MR) is 127 cm³/mol. The lowest BCUT2D eigenvalue weighted by atomic mass is 10.1. The number of hydrogen-bond acceptors (Lipinski definition) is 4. The largest absolute Gasteiger partial charge is 0.376 e. The smallest absolute Gasteiger partial charge is 0.253 e. The second-order valence-electron chi connectivity index (χ2n) is 7.39. The first-order valence-corrected chi connectivity index (χ1v) is 10.2. The minimum absolute atomic E-state index is 0.0296. The van der Waals surface area contributed by atoms with E-state index in [1.165, 1.54) is 6.92 Å². The Hall–Kier alpha value is -4.13. The fourth-order valence-corrected chi connectivity index (χ4v) is 3.18. The highest BCUT2D eigenvalue weighted by atomic mass is 16.2. The summed E-state index contributed by atoms with van der Waals surface area (Å²) >= 11 is 0. The third-order valence-electron chi connectivity index (χ3n) is 4.64. The third-order valence-corrected chi connectivity index (χ3v) is 4.64. The second-order valence-corrected chi connectivity index (χ2v) is 7.39. The van der Waals surface area contributed by atoms with Gasteiger partial charge in [0, 0.05) is 43.1 Å². The number of nitrogens with zero attached hydrogens (tertiary/aromatic N) is 1. The fourth-order valence-electron chi connectivity index (χ4n) is 3.18. The number of benzene rings is 3. The van der Waals surface area contributed by atoms with Crippen LogP contribution in [-0.2, 0) is 16.1 Å². The third kappa shape index (κ3) is 6.70. The van der Waals surface area contributed by atoms with Crippen molar-refractivity contribution in [1.82, 2.24) is 4.90 Å². The summed E-state index contributed by atoms with van der Waals surface area (Å²) in [5, 5.41) is 8.50. The van der Waals surface area contributed by atoms with Crippen LogP contribution in [0.4, 0.5) is 17.1 Å². The van der Waals surface area contributed by atoms with E-state index in [1.807, 2.05) is 30.3 Å². The van der Waals surface area contributed by atoms with Crippen LogP contribution in [0.25, 0.3) is 0 Å². The second kappa shape index (κ2) is 10.8. The van der Waals surface area contributed by atoms with Crippen molar-refractivity contribution in [1.29, 1.82) is 0 Å². The summed E-state index contributed by atoms with van der Waals surface area (Å²) in [6, 6.07) is 23.8. The van der Waals surface area contributed by atoms with Crippen LogP contribution in [0.1, 0.15) is 22.8 Å². The zero-order chi connectivity index (χ0) is 22.9. The molecule has 0 aliphatic heterocycles. The van der Waals surface area contributed by atoms with Crippen molar-refractivity contribution in [2.45, 2.75) is 13.5 Å². The normalized spacial score (nSPS) is 10.2. The van der Waals surface area contributed by atoms with Crippen molar-refractivity contribution < 1.29 is 14.4 Å². The van der Waals surface area contributed by atoms with Crippen molar-refractivity contribution >= 4 is 34.8 Å². The first-order valence-electron chi connectivity index (χ1n) is 10.2. The van der Waals surface area contributed by atoms with Crippen molar-refractivity contribution in [2.75, 3.05) is 29.5 Å². The molecule has 3 aromatic carbocycles. The molecule has 3 amide bonds. The lowest BCUT2D eigenvalue weighted by Crippen LogP contribution is -2.26. The molecule has 7 nitrogen and oxygen atoms in total. The summed E-state index contributed by atoms with van der Waals surface area (Å²) in [7, 11) is 1.76. The van der Waals surface area contributed by atoms with E-state index in [0.717, 1.165) is 5.56 Å². The van der Waals surface area contributed by atoms with E-state index in [4.69, 9.17) is 0 Å². The standard InChI is InChI=1S/C25H26N4O3/c1-18(30)27-22-12-7-13-23(15-22)28-24(31)16-26-21-11-6-10-20(14-21)25(32)29(2)17-19-8-4-3-5-9-19/h3-15,26H,16-17H2,1-2H3,(H,27,30)(H,28,31). The number of carbonyl (C=O) groups is 3. The van der Waals surface area contributed by atoms with Gasteiger partial charge in [0.05, 0.1) is 6.54 Å². The van der Waals surface area contributed by atoms with E-state index in [2.05, 4.69) is 16.0 Å². The highest BCUT2D eigenvalue weighted by Crippen LogP contribution is 2.16. The van der Waals surface area contributed by atoms with Gasteiger partial charge in [-0.2, -0.15) is 0 Å². The van der Waals surface area contributed by atoms with Crippen molar-refractivity contribution in [3.05, 3.63) is 90.0 Å². The van der Waals surface area contributed by atoms with Crippen molar-refractivity contribution in [3.8, 4) is 0 Å². The molecule has 0 bridgehead atoms. The molecular weight excluding hydrogens is 404 g/mol. The Labute approximate surface area is 187 Å². The zero-order valence-corrected chi connectivity index (χ0v) is 18.1. The van der Waals surface area contributed by atoms with Crippen LogP contribution < -0.4 is 16.0 Å². The summed E-state index contributed by atoms with van der Waals surface area (Å²) < 4.78 is 0. The van der Waals surface area contributed by atoms with Crippen LogP contribution in [0.2, 0.25) is 0 Å². The minimum atomic E-state index is -0.247. The van der Waals surface area contributed by atoms with E-state index >= 15 is 0 Å². The van der Waals surface area contributed by atoms with E-state index in [1.54, 1.807) is 60.5 Å². The average Bonchev–Trinajstić information content (AvgIpc) is 2.78. The van der Waals surface area contributed by atoms with Crippen molar-refractivity contribution in [2.24, 2.45) is 0 Å². The molecule has 3 N–H and O–H groups in total. The zero-order valence-electron chi connectivity index (χ0n) is 18.1. The molecule has 0 saturated heterocycles. The van der Waals surface area contributed by atoms with E-state index in [0.29, 0.717) is 29.2 Å². The Bertz CT molecular complexity index is 1100. The van der Waals surface area contributed by atoms with Gasteiger partial charge in [-0.1, -0.05) is 42.5 Å². The maximum absolute atomic E-state index is 12.8. The van der Waals surface area contributed by atoms with Gasteiger partial charge in [0.25, 0.3) is 5.91 Å². The number of hydrogen-bond donors (Lipinski definition) is 3. The van der Waals surface area contributed by atoms with Gasteiger partial charge in [0.2, 0.25) is 11.8 Å². The Morgan fingerprint density at radius 1 is 0.781 bits per heavy atom. The van der Waals surface area contributed by atoms with Crippen LogP contribution in [0.5, 0.6) is 0 Å². The molecule has 7 heteroatoms. The van der Waals surface area contributed by atoms with Crippen LogP contribution in [0.15, 0.2) is 78.9 Å². The van der Waals surface area contributed by atoms with Gasteiger partial charge < -0.3 is 20.9 Å². The van der Waals surface area contributed by atoms with Crippen LogP contribution in [0, 0.1) is 0 Å². The predicted octanol–water partition coefficient (Wildman–Crippen LogP) is 3.97. The quantitative estimate of drug-likeness (QED) is 0.504. The van der Waals surface area contributed by atoms with Crippen LogP contribution in [0.3, 0.4) is 0 Å². The monoisotopic (exact) mass is 430 g/mol. The summed E-state index contributed by atoms with van der Waals surface area (Å²) in [5.41, 5.74) is 3.45. The molecule has 164 valence electrons. The molecule has 0 aliphatic carbocycles. The van der Waals surface area contributed by atoms with Crippen LogP contribution >= 0.6 is 0 Å². The van der Waals surface area contributed by atoms with E-state index < -0.39 is 0 Å². The molecule has 3 rings (SSSR count). The lowest BCUT2D eigenvalue weighted by molar-refractivity contribution is -0.115. The topological polar surface area (TPSA) is 90.5 Å². The molecular formula is C25H26N4O3. The summed E-state index contributed by atoms with van der Waals surface area (Å²) in [6.07, 6.45) is 0. The maximum atomic E-state index is 12.8. The average molecular weight is 431 g/mol. The molecule has 3 aromatic rings. The first-order chi connectivity index (χ1) is 15.4. The number of anilines is 3. The summed E-state index contributed by atoms with van der Waals surface area (Å²) in [4.78, 5) is 37.9. The number of carbonyl (C=O) groups excluding carboxylic acids is 3. The Morgan fingerprint density at radius 3 is 2.16 bits per heavy atom. The number of rotatable bonds is 8. The summed E-state index contributed by atoms with van der Waals surface area (Å²) in [6.45, 7) is 1.96. The van der Waals surface area contributed by atoms with Gasteiger partial charge in [-0.05, 0) is 42.0 Å². The number of nitrogens with one attached hydrogen (secondary N) is 3. The lowest BCUT2D eigenvalue weighted by Gasteiger charge is -2.18. The van der Waals surface area contributed by atoms with Crippen molar-refractivity contribution in [3.63, 3.8) is 0 Å². The van der Waals surface area contributed by atoms with Gasteiger partial charge in [-0.25, -0.2) is 0 Å². The Morgan fingerprint density at radius 2 is 1.44 bits per heavy atom. The SMILES string of the molecule is CC(=O)Nc1cccc(NC(=O)CNc2cccc(C(=O)N(C)Cc3ccccc3)c2)c1. The summed E-state index contributed by atoms with van der Waals surface area (Å²) in [5.74, 6) is -0.529. The molecule has 0 aromatic heterocycles. The Kier molecular flexibility index (Phi) is 7.59. The molecule has 0 spiro atoms. The van der Waals surface area contributed by atoms with Gasteiger partial charge in [0.15, 0.2) is 0 Å². The molecule has 0 unspecified atom stereocenters. The highest BCUT2D eigenvalue weighted by molar-refractivity contribution is 5.97. The van der Waals surface area contributed by atoms with E-state index in [-0.39, 0.29) is 24.3 Å². The minimum Gasteiger partial charge on any atom is -0.376 e. The molecule has 0 aliphatic rings. The van der Waals surface area contributed by atoms with Crippen LogP contribution in [-0.4, -0.2) is 36.2 Å².